The highest BCUT2D eigenvalue weighted by Gasteiger charge is 2.03. The first-order valence-electron chi connectivity index (χ1n) is 6.91. The van der Waals surface area contributed by atoms with Crippen molar-refractivity contribution in [3.8, 4) is 5.75 Å². The van der Waals surface area contributed by atoms with Gasteiger partial charge in [-0.3, -0.25) is 0 Å². The van der Waals surface area contributed by atoms with E-state index in [1.165, 1.54) is 16.8 Å². The summed E-state index contributed by atoms with van der Waals surface area (Å²) in [6.45, 7) is 5.70. The summed E-state index contributed by atoms with van der Waals surface area (Å²) in [4.78, 5) is 0. The van der Waals surface area contributed by atoms with E-state index in [9.17, 15) is 0 Å². The molecular weight excluding hydrogens is 270 g/mol. The van der Waals surface area contributed by atoms with E-state index in [0.717, 1.165) is 23.7 Å². The zero-order chi connectivity index (χ0) is 14.4. The topological polar surface area (TPSA) is 21.3 Å². The van der Waals surface area contributed by atoms with Gasteiger partial charge in [0.1, 0.15) is 12.4 Å². The van der Waals surface area contributed by atoms with Crippen molar-refractivity contribution < 1.29 is 4.74 Å². The number of benzene rings is 2. The minimum Gasteiger partial charge on any atom is -0.492 e. The van der Waals surface area contributed by atoms with E-state index in [0.29, 0.717) is 6.61 Å². The Morgan fingerprint density at radius 3 is 2.55 bits per heavy atom. The summed E-state index contributed by atoms with van der Waals surface area (Å²) in [5, 5.41) is 4.19. The monoisotopic (exact) mass is 289 g/mol. The maximum atomic E-state index is 5.84. The van der Waals surface area contributed by atoms with E-state index in [-0.39, 0.29) is 0 Å². The molecule has 0 saturated heterocycles. The number of aryl methyl sites for hydroxylation is 2. The maximum absolute atomic E-state index is 5.84. The average molecular weight is 290 g/mol. The van der Waals surface area contributed by atoms with Crippen LogP contribution in [0.25, 0.3) is 0 Å². The van der Waals surface area contributed by atoms with E-state index in [1.807, 2.05) is 24.3 Å². The van der Waals surface area contributed by atoms with Gasteiger partial charge in [-0.15, -0.1) is 0 Å². The summed E-state index contributed by atoms with van der Waals surface area (Å²) >= 11 is 5.84. The van der Waals surface area contributed by atoms with Gasteiger partial charge in [-0.25, -0.2) is 0 Å². The summed E-state index contributed by atoms with van der Waals surface area (Å²) in [6, 6.07) is 13.8. The molecule has 0 aliphatic carbocycles. The van der Waals surface area contributed by atoms with Gasteiger partial charge in [0.25, 0.3) is 0 Å². The van der Waals surface area contributed by atoms with Crippen molar-refractivity contribution in [1.29, 1.82) is 0 Å². The van der Waals surface area contributed by atoms with Gasteiger partial charge in [0.15, 0.2) is 0 Å². The molecule has 0 atom stereocenters. The molecule has 0 spiro atoms. The van der Waals surface area contributed by atoms with Gasteiger partial charge in [0, 0.05) is 17.3 Å². The lowest BCUT2D eigenvalue weighted by Crippen LogP contribution is -2.13. The van der Waals surface area contributed by atoms with Crippen molar-refractivity contribution in [2.45, 2.75) is 20.3 Å². The van der Waals surface area contributed by atoms with Crippen molar-refractivity contribution >= 4 is 17.3 Å². The Morgan fingerprint density at radius 2 is 1.85 bits per heavy atom. The molecule has 0 unspecified atom stereocenters. The van der Waals surface area contributed by atoms with Crippen LogP contribution in [0.4, 0.5) is 5.69 Å². The van der Waals surface area contributed by atoms with Crippen LogP contribution in [0.3, 0.4) is 0 Å². The van der Waals surface area contributed by atoms with Crippen molar-refractivity contribution in [2.75, 3.05) is 18.5 Å². The molecule has 0 aliphatic heterocycles. The Labute approximate surface area is 125 Å². The zero-order valence-corrected chi connectivity index (χ0v) is 12.7. The fourth-order valence-corrected chi connectivity index (χ4v) is 2.28. The van der Waals surface area contributed by atoms with Gasteiger partial charge >= 0.3 is 0 Å². The van der Waals surface area contributed by atoms with Crippen LogP contribution in [-0.4, -0.2) is 13.2 Å². The van der Waals surface area contributed by atoms with Gasteiger partial charge in [0.05, 0.1) is 0 Å². The standard InChI is InChI=1S/C17H20ClNO/c1-3-14-6-4-5-13(2)17(14)19-11-12-20-16-9-7-15(18)8-10-16/h4-10,19H,3,11-12H2,1-2H3. The molecule has 2 aromatic rings. The van der Waals surface area contributed by atoms with E-state index in [4.69, 9.17) is 16.3 Å². The number of para-hydroxylation sites is 1. The van der Waals surface area contributed by atoms with Gasteiger partial charge in [-0.05, 0) is 48.7 Å². The Hall–Kier alpha value is -1.67. The van der Waals surface area contributed by atoms with Crippen molar-refractivity contribution in [2.24, 2.45) is 0 Å². The smallest absolute Gasteiger partial charge is 0.119 e. The van der Waals surface area contributed by atoms with Gasteiger partial charge in [-0.1, -0.05) is 36.7 Å². The third-order valence-electron chi connectivity index (χ3n) is 3.23. The molecule has 0 saturated carbocycles. The number of hydrogen-bond acceptors (Lipinski definition) is 2. The first-order valence-corrected chi connectivity index (χ1v) is 7.29. The van der Waals surface area contributed by atoms with Gasteiger partial charge < -0.3 is 10.1 Å². The minimum atomic E-state index is 0.624. The van der Waals surface area contributed by atoms with Gasteiger partial charge in [0.2, 0.25) is 0 Å². The molecule has 3 heteroatoms. The highest BCUT2D eigenvalue weighted by atomic mass is 35.5. The number of rotatable bonds is 6. The average Bonchev–Trinajstić information content (AvgIpc) is 2.46. The summed E-state index contributed by atoms with van der Waals surface area (Å²) in [5.41, 5.74) is 3.85. The van der Waals surface area contributed by atoms with E-state index < -0.39 is 0 Å². The Kier molecular flexibility index (Phi) is 5.31. The molecule has 0 amide bonds. The van der Waals surface area contributed by atoms with Crippen LogP contribution in [-0.2, 0) is 6.42 Å². The van der Waals surface area contributed by atoms with Crippen LogP contribution in [0.1, 0.15) is 18.1 Å². The highest BCUT2D eigenvalue weighted by Crippen LogP contribution is 2.21. The number of nitrogens with one attached hydrogen (secondary N) is 1. The molecule has 0 fully saturated rings. The predicted octanol–water partition coefficient (Wildman–Crippen LogP) is 4.70. The molecule has 1 N–H and O–H groups in total. The third-order valence-corrected chi connectivity index (χ3v) is 3.48. The van der Waals surface area contributed by atoms with Gasteiger partial charge in [-0.2, -0.15) is 0 Å². The normalized spacial score (nSPS) is 10.3. The summed E-state index contributed by atoms with van der Waals surface area (Å²) in [6.07, 6.45) is 1.03. The van der Waals surface area contributed by atoms with E-state index in [2.05, 4.69) is 37.4 Å². The number of anilines is 1. The summed E-state index contributed by atoms with van der Waals surface area (Å²) in [5.74, 6) is 0.844. The van der Waals surface area contributed by atoms with Crippen molar-refractivity contribution in [3.63, 3.8) is 0 Å². The second-order valence-corrected chi connectivity index (χ2v) is 5.13. The predicted molar refractivity (Wildman–Crippen MR) is 86.0 cm³/mol. The fourth-order valence-electron chi connectivity index (χ4n) is 2.15. The summed E-state index contributed by atoms with van der Waals surface area (Å²) in [7, 11) is 0. The molecule has 106 valence electrons. The largest absolute Gasteiger partial charge is 0.492 e. The number of ether oxygens (including phenoxy) is 1. The number of halogens is 1. The second kappa shape index (κ2) is 7.20. The molecular formula is C17H20ClNO. The minimum absolute atomic E-state index is 0.624. The first kappa shape index (κ1) is 14.7. The molecule has 0 aliphatic rings. The molecule has 2 rings (SSSR count). The Balaban J connectivity index is 1.86. The molecule has 0 radical (unpaired) electrons. The van der Waals surface area contributed by atoms with E-state index in [1.54, 1.807) is 0 Å². The first-order chi connectivity index (χ1) is 9.70. The molecule has 0 aromatic heterocycles. The second-order valence-electron chi connectivity index (χ2n) is 4.69. The number of hydrogen-bond donors (Lipinski definition) is 1. The molecule has 2 aromatic carbocycles. The van der Waals surface area contributed by atoms with Crippen LogP contribution in [0.15, 0.2) is 42.5 Å². The Morgan fingerprint density at radius 1 is 1.10 bits per heavy atom. The molecule has 0 bridgehead atoms. The van der Waals surface area contributed by atoms with Crippen LogP contribution in [0, 0.1) is 6.92 Å². The Bertz CT molecular complexity index is 551. The van der Waals surface area contributed by atoms with E-state index >= 15 is 0 Å². The SMILES string of the molecule is CCc1cccc(C)c1NCCOc1ccc(Cl)cc1. The fraction of sp³-hybridized carbons (Fsp3) is 0.294. The van der Waals surface area contributed by atoms with Crippen molar-refractivity contribution in [3.05, 3.63) is 58.6 Å². The van der Waals surface area contributed by atoms with Crippen molar-refractivity contribution in [1.82, 2.24) is 0 Å². The molecule has 20 heavy (non-hydrogen) atoms. The van der Waals surface area contributed by atoms with Crippen LogP contribution < -0.4 is 10.1 Å². The lowest BCUT2D eigenvalue weighted by atomic mass is 10.1. The van der Waals surface area contributed by atoms with Crippen LogP contribution >= 0.6 is 11.6 Å². The zero-order valence-electron chi connectivity index (χ0n) is 11.9. The lowest BCUT2D eigenvalue weighted by molar-refractivity contribution is 0.333. The highest BCUT2D eigenvalue weighted by molar-refractivity contribution is 6.30. The van der Waals surface area contributed by atoms with Crippen LogP contribution in [0.2, 0.25) is 5.02 Å². The third kappa shape index (κ3) is 3.91. The molecule has 0 heterocycles. The lowest BCUT2D eigenvalue weighted by Gasteiger charge is -2.14. The summed E-state index contributed by atoms with van der Waals surface area (Å²) < 4.78 is 5.67. The molecule has 2 nitrogen and oxygen atoms in total. The maximum Gasteiger partial charge on any atom is 0.119 e. The van der Waals surface area contributed by atoms with Crippen LogP contribution in [0.5, 0.6) is 5.75 Å². The quantitative estimate of drug-likeness (QED) is 0.778.